The van der Waals surface area contributed by atoms with Gasteiger partial charge in [0.25, 0.3) is 0 Å². The number of hydrogen-bond donors (Lipinski definition) is 1. The summed E-state index contributed by atoms with van der Waals surface area (Å²) in [6.45, 7) is 2.45. The zero-order valence-corrected chi connectivity index (χ0v) is 13.8. The molecule has 0 aliphatic rings. The number of hydrogen-bond acceptors (Lipinski definition) is 5. The molecule has 0 radical (unpaired) electrons. The summed E-state index contributed by atoms with van der Waals surface area (Å²) < 4.78 is 11.0. The van der Waals surface area contributed by atoms with Crippen molar-refractivity contribution in [2.24, 2.45) is 0 Å². The molecule has 0 saturated carbocycles. The van der Waals surface area contributed by atoms with Crippen LogP contribution in [0.25, 0.3) is 10.8 Å². The van der Waals surface area contributed by atoms with E-state index in [1.54, 1.807) is 24.5 Å². The molecule has 0 atom stereocenters. The number of halogens is 1. The molecule has 0 bridgehead atoms. The Hall–Kier alpha value is -1.98. The molecule has 22 heavy (non-hydrogen) atoms. The Morgan fingerprint density at radius 2 is 2.23 bits per heavy atom. The molecule has 4 nitrogen and oxygen atoms in total. The molecule has 1 aromatic carbocycles. The number of aromatic nitrogens is 1. The van der Waals surface area contributed by atoms with Crippen molar-refractivity contribution in [1.29, 1.82) is 0 Å². The first-order chi connectivity index (χ1) is 10.7. The third kappa shape index (κ3) is 3.10. The third-order valence-electron chi connectivity index (χ3n) is 3.23. The highest BCUT2D eigenvalue weighted by atomic mass is 35.5. The Bertz CT molecular complexity index is 769. The van der Waals surface area contributed by atoms with Crippen LogP contribution in [0.1, 0.15) is 11.5 Å². The van der Waals surface area contributed by atoms with Gasteiger partial charge in [-0.3, -0.25) is 0 Å². The molecule has 2 heterocycles. The molecular formula is C16H15ClN2O2S. The molecule has 0 amide bonds. The number of oxazole rings is 1. The van der Waals surface area contributed by atoms with Gasteiger partial charge in [0.1, 0.15) is 17.2 Å². The molecule has 3 aromatic rings. The van der Waals surface area contributed by atoms with Crippen molar-refractivity contribution in [3.05, 3.63) is 52.2 Å². The molecule has 2 aromatic heterocycles. The molecule has 1 N–H and O–H groups in total. The van der Waals surface area contributed by atoms with E-state index in [-0.39, 0.29) is 0 Å². The fourth-order valence-corrected chi connectivity index (χ4v) is 2.92. The minimum Gasteiger partial charge on any atom is -0.495 e. The van der Waals surface area contributed by atoms with Crippen LogP contribution in [0.5, 0.6) is 5.75 Å². The van der Waals surface area contributed by atoms with Crippen LogP contribution in [0.4, 0.5) is 5.69 Å². The first-order valence-electron chi connectivity index (χ1n) is 6.75. The van der Waals surface area contributed by atoms with Crippen molar-refractivity contribution < 1.29 is 9.15 Å². The Morgan fingerprint density at radius 1 is 1.36 bits per heavy atom. The van der Waals surface area contributed by atoms with E-state index in [1.165, 1.54) is 0 Å². The lowest BCUT2D eigenvalue weighted by molar-refractivity contribution is 0.416. The van der Waals surface area contributed by atoms with Crippen molar-refractivity contribution in [2.75, 3.05) is 12.4 Å². The maximum atomic E-state index is 6.03. The van der Waals surface area contributed by atoms with E-state index >= 15 is 0 Å². The average Bonchev–Trinajstić information content (AvgIpc) is 3.15. The normalized spacial score (nSPS) is 10.7. The first kappa shape index (κ1) is 14.9. The molecule has 6 heteroatoms. The van der Waals surface area contributed by atoms with Crippen LogP contribution in [0.3, 0.4) is 0 Å². The summed E-state index contributed by atoms with van der Waals surface area (Å²) in [7, 11) is 1.63. The number of aryl methyl sites for hydroxylation is 1. The van der Waals surface area contributed by atoms with Crippen molar-refractivity contribution in [3.8, 4) is 16.5 Å². The standard InChI is InChI=1S/C16H15ClN2O2S/c1-10-13(19-16(21-10)15-4-3-7-22-15)9-18-12-8-11(17)5-6-14(12)20-2/h3-8,18H,9H2,1-2H3. The largest absolute Gasteiger partial charge is 0.495 e. The summed E-state index contributed by atoms with van der Waals surface area (Å²) >= 11 is 7.64. The highest BCUT2D eigenvalue weighted by Crippen LogP contribution is 2.29. The smallest absolute Gasteiger partial charge is 0.236 e. The number of ether oxygens (including phenoxy) is 1. The van der Waals surface area contributed by atoms with Gasteiger partial charge in [-0.1, -0.05) is 17.7 Å². The zero-order valence-electron chi connectivity index (χ0n) is 12.2. The Labute approximate surface area is 137 Å². The van der Waals surface area contributed by atoms with E-state index in [0.717, 1.165) is 27.8 Å². The summed E-state index contributed by atoms with van der Waals surface area (Å²) in [5, 5.41) is 5.95. The summed E-state index contributed by atoms with van der Waals surface area (Å²) in [6, 6.07) is 9.43. The molecule has 114 valence electrons. The Balaban J connectivity index is 1.78. The van der Waals surface area contributed by atoms with Crippen LogP contribution < -0.4 is 10.1 Å². The Morgan fingerprint density at radius 3 is 2.95 bits per heavy atom. The van der Waals surface area contributed by atoms with Crippen LogP contribution in [0.15, 0.2) is 40.1 Å². The minimum absolute atomic E-state index is 0.539. The van der Waals surface area contributed by atoms with E-state index in [2.05, 4.69) is 10.3 Å². The van der Waals surface area contributed by atoms with Crippen molar-refractivity contribution in [2.45, 2.75) is 13.5 Å². The molecular weight excluding hydrogens is 320 g/mol. The molecule has 0 aliphatic heterocycles. The molecule has 0 saturated heterocycles. The fraction of sp³-hybridized carbons (Fsp3) is 0.188. The maximum Gasteiger partial charge on any atom is 0.236 e. The summed E-state index contributed by atoms with van der Waals surface area (Å²) in [6.07, 6.45) is 0. The molecule has 3 rings (SSSR count). The van der Waals surface area contributed by atoms with Crippen molar-refractivity contribution in [3.63, 3.8) is 0 Å². The van der Waals surface area contributed by atoms with Crippen LogP contribution in [-0.4, -0.2) is 12.1 Å². The number of anilines is 1. The van der Waals surface area contributed by atoms with Gasteiger partial charge in [0, 0.05) is 5.02 Å². The van der Waals surface area contributed by atoms with Crippen LogP contribution >= 0.6 is 22.9 Å². The SMILES string of the molecule is COc1ccc(Cl)cc1NCc1nc(-c2cccs2)oc1C. The number of rotatable bonds is 5. The second kappa shape index (κ2) is 6.42. The highest BCUT2D eigenvalue weighted by molar-refractivity contribution is 7.13. The monoisotopic (exact) mass is 334 g/mol. The van der Waals surface area contributed by atoms with Crippen LogP contribution in [0, 0.1) is 6.92 Å². The number of nitrogens with one attached hydrogen (secondary N) is 1. The summed E-state index contributed by atoms with van der Waals surface area (Å²) in [4.78, 5) is 5.58. The predicted octanol–water partition coefficient (Wildman–Crippen LogP) is 4.99. The number of methoxy groups -OCH3 is 1. The highest BCUT2D eigenvalue weighted by Gasteiger charge is 2.13. The van der Waals surface area contributed by atoms with Gasteiger partial charge in [-0.05, 0) is 36.6 Å². The maximum absolute atomic E-state index is 6.03. The van der Waals surface area contributed by atoms with E-state index in [4.69, 9.17) is 20.8 Å². The van der Waals surface area contributed by atoms with E-state index in [9.17, 15) is 0 Å². The van der Waals surface area contributed by atoms with Gasteiger partial charge in [-0.15, -0.1) is 11.3 Å². The van der Waals surface area contributed by atoms with Gasteiger partial charge in [-0.25, -0.2) is 4.98 Å². The first-order valence-corrected chi connectivity index (χ1v) is 8.00. The van der Waals surface area contributed by atoms with Crippen LogP contribution in [0.2, 0.25) is 5.02 Å². The van der Waals surface area contributed by atoms with Crippen molar-refractivity contribution >= 4 is 28.6 Å². The summed E-state index contributed by atoms with van der Waals surface area (Å²) in [5.74, 6) is 2.20. The van der Waals surface area contributed by atoms with Crippen molar-refractivity contribution in [1.82, 2.24) is 4.98 Å². The lowest BCUT2D eigenvalue weighted by Gasteiger charge is -2.10. The number of benzene rings is 1. The Kier molecular flexibility index (Phi) is 4.36. The molecule has 0 fully saturated rings. The van der Waals surface area contributed by atoms with E-state index < -0.39 is 0 Å². The van der Waals surface area contributed by atoms with Gasteiger partial charge in [0.05, 0.1) is 24.2 Å². The number of thiophene rings is 1. The predicted molar refractivity (Wildman–Crippen MR) is 89.9 cm³/mol. The van der Waals surface area contributed by atoms with Gasteiger partial charge >= 0.3 is 0 Å². The topological polar surface area (TPSA) is 47.3 Å². The minimum atomic E-state index is 0.539. The van der Waals surface area contributed by atoms with Gasteiger partial charge in [0.2, 0.25) is 5.89 Å². The lowest BCUT2D eigenvalue weighted by Crippen LogP contribution is -2.03. The average molecular weight is 335 g/mol. The molecule has 0 spiro atoms. The van der Waals surface area contributed by atoms with Gasteiger partial charge < -0.3 is 14.5 Å². The van der Waals surface area contributed by atoms with Crippen LogP contribution in [-0.2, 0) is 6.54 Å². The van der Waals surface area contributed by atoms with Gasteiger partial charge in [-0.2, -0.15) is 0 Å². The fourth-order valence-electron chi connectivity index (χ4n) is 2.09. The zero-order chi connectivity index (χ0) is 15.5. The summed E-state index contributed by atoms with van der Waals surface area (Å²) in [5.41, 5.74) is 1.69. The second-order valence-electron chi connectivity index (χ2n) is 4.70. The molecule has 0 unspecified atom stereocenters. The van der Waals surface area contributed by atoms with E-state index in [1.807, 2.05) is 36.6 Å². The third-order valence-corrected chi connectivity index (χ3v) is 4.33. The second-order valence-corrected chi connectivity index (χ2v) is 6.08. The quantitative estimate of drug-likeness (QED) is 0.714. The van der Waals surface area contributed by atoms with Gasteiger partial charge in [0.15, 0.2) is 0 Å². The number of nitrogens with zero attached hydrogens (tertiary/aromatic N) is 1. The lowest BCUT2D eigenvalue weighted by atomic mass is 10.2. The molecule has 0 aliphatic carbocycles. The van der Waals surface area contributed by atoms with E-state index in [0.29, 0.717) is 17.5 Å².